The van der Waals surface area contributed by atoms with Crippen LogP contribution in [0.2, 0.25) is 0 Å². The number of aliphatic hydroxyl groups excluding tert-OH is 1. The van der Waals surface area contributed by atoms with Gasteiger partial charge >= 0.3 is 5.97 Å². The summed E-state index contributed by atoms with van der Waals surface area (Å²) < 4.78 is 11.2. The lowest BCUT2D eigenvalue weighted by atomic mass is 10.0. The molecule has 0 spiro atoms. The average Bonchev–Trinajstić information content (AvgIpc) is 3.14. The minimum atomic E-state index is -0.543. The molecule has 1 atom stereocenters. The van der Waals surface area contributed by atoms with Crippen LogP contribution in [0, 0.1) is 0 Å². The molecule has 51 heavy (non-hydrogen) atoms. The monoisotopic (exact) mass is 715 g/mol. The highest BCUT2D eigenvalue weighted by atomic mass is 16.6. The topological polar surface area (TPSA) is 55.8 Å². The van der Waals surface area contributed by atoms with Crippen molar-refractivity contribution in [3.8, 4) is 0 Å². The number of unbranched alkanes of at least 4 members (excludes halogenated alkanes) is 25. The van der Waals surface area contributed by atoms with E-state index in [0.717, 1.165) is 57.8 Å². The van der Waals surface area contributed by atoms with Crippen molar-refractivity contribution in [1.29, 1.82) is 0 Å². The summed E-state index contributed by atoms with van der Waals surface area (Å²) >= 11 is 0. The molecule has 1 N–H and O–H groups in total. The predicted octanol–water partition coefficient (Wildman–Crippen LogP) is 14.7. The molecule has 298 valence electrons. The second kappa shape index (κ2) is 44.5. The molecule has 0 aliphatic rings. The number of allylic oxidation sites excluding steroid dienone is 8. The van der Waals surface area contributed by atoms with Gasteiger partial charge in [0.25, 0.3) is 0 Å². The summed E-state index contributed by atoms with van der Waals surface area (Å²) in [6.07, 6.45) is 57.5. The van der Waals surface area contributed by atoms with E-state index in [1.165, 1.54) is 141 Å². The van der Waals surface area contributed by atoms with E-state index in [1.807, 2.05) is 0 Å². The normalized spacial score (nSPS) is 12.8. The largest absolute Gasteiger partial charge is 0.457 e. The Labute approximate surface area is 318 Å². The Morgan fingerprint density at radius 2 is 0.882 bits per heavy atom. The molecule has 0 saturated heterocycles. The lowest BCUT2D eigenvalue weighted by Crippen LogP contribution is -2.27. The number of carbonyl (C=O) groups is 1. The summed E-state index contributed by atoms with van der Waals surface area (Å²) in [5.74, 6) is -0.205. The van der Waals surface area contributed by atoms with Crippen LogP contribution in [-0.4, -0.2) is 37.0 Å². The van der Waals surface area contributed by atoms with E-state index >= 15 is 0 Å². The van der Waals surface area contributed by atoms with Crippen LogP contribution < -0.4 is 0 Å². The van der Waals surface area contributed by atoms with Gasteiger partial charge in [0, 0.05) is 13.0 Å². The predicted molar refractivity (Wildman–Crippen MR) is 223 cm³/mol. The third kappa shape index (κ3) is 42.7. The van der Waals surface area contributed by atoms with Crippen molar-refractivity contribution >= 4 is 5.97 Å². The Balaban J connectivity index is 3.43. The van der Waals surface area contributed by atoms with Gasteiger partial charge in [-0.3, -0.25) is 4.79 Å². The molecule has 0 aromatic rings. The van der Waals surface area contributed by atoms with Crippen molar-refractivity contribution < 1.29 is 19.4 Å². The molecule has 4 nitrogen and oxygen atoms in total. The molecule has 0 saturated carbocycles. The third-order valence-corrected chi connectivity index (χ3v) is 9.67. The first-order valence-corrected chi connectivity index (χ1v) is 22.2. The number of rotatable bonds is 41. The summed E-state index contributed by atoms with van der Waals surface area (Å²) in [5, 5.41) is 9.61. The molecule has 0 aliphatic heterocycles. The maximum Gasteiger partial charge on any atom is 0.306 e. The molecule has 1 unspecified atom stereocenters. The lowest BCUT2D eigenvalue weighted by Gasteiger charge is -2.15. The van der Waals surface area contributed by atoms with Gasteiger partial charge in [0.2, 0.25) is 0 Å². The number of esters is 1. The number of aliphatic hydroxyl groups is 1. The Morgan fingerprint density at radius 1 is 0.490 bits per heavy atom. The Kier molecular flexibility index (Phi) is 43.1. The molecule has 0 aliphatic carbocycles. The van der Waals surface area contributed by atoms with Crippen LogP contribution in [-0.2, 0) is 14.3 Å². The van der Waals surface area contributed by atoms with Crippen molar-refractivity contribution in [3.05, 3.63) is 48.6 Å². The smallest absolute Gasteiger partial charge is 0.306 e. The summed E-state index contributed by atoms with van der Waals surface area (Å²) in [4.78, 5) is 12.2. The highest BCUT2D eigenvalue weighted by Crippen LogP contribution is 2.16. The fraction of sp³-hybridized carbons (Fsp3) is 0.809. The van der Waals surface area contributed by atoms with Crippen molar-refractivity contribution in [2.45, 2.75) is 225 Å². The van der Waals surface area contributed by atoms with Gasteiger partial charge < -0.3 is 14.6 Å². The van der Waals surface area contributed by atoms with Gasteiger partial charge in [0.1, 0.15) is 6.10 Å². The maximum absolute atomic E-state index is 12.2. The van der Waals surface area contributed by atoms with E-state index in [9.17, 15) is 9.90 Å². The van der Waals surface area contributed by atoms with Crippen LogP contribution >= 0.6 is 0 Å². The Hall–Kier alpha value is -1.65. The van der Waals surface area contributed by atoms with Gasteiger partial charge in [-0.05, 0) is 51.4 Å². The average molecular weight is 715 g/mol. The van der Waals surface area contributed by atoms with E-state index < -0.39 is 6.10 Å². The molecular formula is C47H86O4. The van der Waals surface area contributed by atoms with E-state index in [4.69, 9.17) is 9.47 Å². The molecule has 0 fully saturated rings. The standard InChI is InChI=1S/C47H86O4/c1-3-5-7-9-11-13-15-17-19-21-23-24-25-26-28-30-32-34-36-38-40-42-47(49)51-46(44-48)45-50-43-41-39-37-35-33-31-29-27-22-20-18-16-14-12-10-8-6-4-2/h6,8,12,14,18,20,27,29,46,48H,3-5,7,9-11,13,15-17,19,21-26,28,30-45H2,1-2H3/b8-6-,14-12-,20-18-,29-27-. The quantitative estimate of drug-likeness (QED) is 0.0389. The second-order valence-electron chi connectivity index (χ2n) is 14.7. The van der Waals surface area contributed by atoms with Crippen molar-refractivity contribution in [3.63, 3.8) is 0 Å². The van der Waals surface area contributed by atoms with Crippen molar-refractivity contribution in [2.24, 2.45) is 0 Å². The highest BCUT2D eigenvalue weighted by molar-refractivity contribution is 5.69. The van der Waals surface area contributed by atoms with E-state index in [-0.39, 0.29) is 19.2 Å². The summed E-state index contributed by atoms with van der Waals surface area (Å²) in [7, 11) is 0. The minimum Gasteiger partial charge on any atom is -0.457 e. The lowest BCUT2D eigenvalue weighted by molar-refractivity contribution is -0.154. The molecule has 0 rings (SSSR count). The molecule has 4 heteroatoms. The van der Waals surface area contributed by atoms with Gasteiger partial charge in [0.05, 0.1) is 13.2 Å². The molecule has 0 amide bonds. The second-order valence-corrected chi connectivity index (χ2v) is 14.7. The first-order chi connectivity index (χ1) is 25.2. The van der Waals surface area contributed by atoms with Crippen molar-refractivity contribution in [1.82, 2.24) is 0 Å². The summed E-state index contributed by atoms with van der Waals surface area (Å²) in [6, 6.07) is 0. The molecule has 0 heterocycles. The van der Waals surface area contributed by atoms with Crippen LogP contribution in [0.15, 0.2) is 48.6 Å². The summed E-state index contributed by atoms with van der Waals surface area (Å²) in [6.45, 7) is 5.22. The van der Waals surface area contributed by atoms with Crippen LogP contribution in [0.5, 0.6) is 0 Å². The van der Waals surface area contributed by atoms with E-state index in [2.05, 4.69) is 62.5 Å². The SMILES string of the molecule is CC/C=C\C/C=C\C/C=C\C/C=C\CCCCCCCOCC(CO)OC(=O)CCCCCCCCCCCCCCCCCCCCCCC. The Morgan fingerprint density at radius 3 is 1.33 bits per heavy atom. The molecule has 0 radical (unpaired) electrons. The maximum atomic E-state index is 12.2. The van der Waals surface area contributed by atoms with E-state index in [1.54, 1.807) is 0 Å². The zero-order chi connectivity index (χ0) is 37.0. The first kappa shape index (κ1) is 49.4. The fourth-order valence-electron chi connectivity index (χ4n) is 6.38. The van der Waals surface area contributed by atoms with Crippen molar-refractivity contribution in [2.75, 3.05) is 19.8 Å². The number of hydrogen-bond acceptors (Lipinski definition) is 4. The fourth-order valence-corrected chi connectivity index (χ4v) is 6.38. The molecular weight excluding hydrogens is 629 g/mol. The highest BCUT2D eigenvalue weighted by Gasteiger charge is 2.13. The Bertz CT molecular complexity index is 798. The van der Waals surface area contributed by atoms with E-state index in [0.29, 0.717) is 13.0 Å². The zero-order valence-corrected chi connectivity index (χ0v) is 34.1. The van der Waals surface area contributed by atoms with Crippen LogP contribution in [0.3, 0.4) is 0 Å². The minimum absolute atomic E-state index is 0.178. The number of hydrogen-bond donors (Lipinski definition) is 1. The molecule has 0 bridgehead atoms. The number of carbonyl (C=O) groups excluding carboxylic acids is 1. The number of ether oxygens (including phenoxy) is 2. The molecule has 0 aromatic heterocycles. The molecule has 0 aromatic carbocycles. The van der Waals surface area contributed by atoms with Gasteiger partial charge in [-0.2, -0.15) is 0 Å². The van der Waals surface area contributed by atoms with Gasteiger partial charge in [0.15, 0.2) is 0 Å². The first-order valence-electron chi connectivity index (χ1n) is 22.2. The van der Waals surface area contributed by atoms with Gasteiger partial charge in [-0.25, -0.2) is 0 Å². The zero-order valence-electron chi connectivity index (χ0n) is 34.1. The third-order valence-electron chi connectivity index (χ3n) is 9.67. The van der Waals surface area contributed by atoms with Crippen LogP contribution in [0.1, 0.15) is 219 Å². The van der Waals surface area contributed by atoms with Gasteiger partial charge in [-0.15, -0.1) is 0 Å². The van der Waals surface area contributed by atoms with Gasteiger partial charge in [-0.1, -0.05) is 210 Å². The van der Waals surface area contributed by atoms with Crippen LogP contribution in [0.25, 0.3) is 0 Å². The summed E-state index contributed by atoms with van der Waals surface area (Å²) in [5.41, 5.74) is 0. The van der Waals surface area contributed by atoms with Crippen LogP contribution in [0.4, 0.5) is 0 Å².